The number of carbonyl (C=O) groups excluding carboxylic acids is 1. The van der Waals surface area contributed by atoms with E-state index >= 15 is 0 Å². The number of ether oxygens (including phenoxy) is 1. The van der Waals surface area contributed by atoms with Gasteiger partial charge in [-0.15, -0.1) is 0 Å². The van der Waals surface area contributed by atoms with Gasteiger partial charge in [0.2, 0.25) is 0 Å². The molecule has 5 nitrogen and oxygen atoms in total. The van der Waals surface area contributed by atoms with Crippen molar-refractivity contribution in [2.45, 2.75) is 13.8 Å². The van der Waals surface area contributed by atoms with Gasteiger partial charge in [-0.05, 0) is 31.5 Å². The van der Waals surface area contributed by atoms with Crippen molar-refractivity contribution in [1.29, 1.82) is 0 Å². The number of nitrogens with two attached hydrogens (primary N) is 1. The predicted octanol–water partition coefficient (Wildman–Crippen LogP) is 3.64. The van der Waals surface area contributed by atoms with Crippen LogP contribution in [-0.4, -0.2) is 23.8 Å². The lowest BCUT2D eigenvalue weighted by molar-refractivity contribution is -0.132. The van der Waals surface area contributed by atoms with Gasteiger partial charge in [-0.1, -0.05) is 24.2 Å². The van der Waals surface area contributed by atoms with E-state index in [1.165, 1.54) is 19.2 Å². The second-order valence-electron chi connectivity index (χ2n) is 5.19. The predicted molar refractivity (Wildman–Crippen MR) is 93.7 cm³/mol. The number of hydrogen-bond donors (Lipinski definition) is 2. The number of nitrogens with one attached hydrogen (secondary N) is 1. The SMILES string of the molecule is C=C(N=C(C(=O)OC)c1c(N)[nH]c(C)c1C)c1ccc(Cl)c(F)c1. The molecule has 7 heteroatoms. The van der Waals surface area contributed by atoms with Crippen molar-refractivity contribution in [2.75, 3.05) is 12.8 Å². The summed E-state index contributed by atoms with van der Waals surface area (Å²) in [6.07, 6.45) is 0. The highest BCUT2D eigenvalue weighted by atomic mass is 35.5. The van der Waals surface area contributed by atoms with E-state index in [0.717, 1.165) is 11.3 Å². The number of nitrogens with zero attached hydrogens (tertiary/aromatic N) is 1. The number of benzene rings is 1. The monoisotopic (exact) mass is 349 g/mol. The Bertz CT molecular complexity index is 856. The lowest BCUT2D eigenvalue weighted by Gasteiger charge is -2.08. The molecule has 2 rings (SSSR count). The third kappa shape index (κ3) is 3.33. The average molecular weight is 350 g/mol. The van der Waals surface area contributed by atoms with Gasteiger partial charge in [0.1, 0.15) is 11.6 Å². The molecule has 0 amide bonds. The minimum Gasteiger partial charge on any atom is -0.464 e. The standard InChI is InChI=1S/C17H17ClFN3O2/c1-8-9(2)22-16(20)14(8)15(17(23)24-4)21-10(3)11-5-6-12(18)13(19)7-11/h5-7,22H,3,20H2,1-2,4H3. The van der Waals surface area contributed by atoms with E-state index < -0.39 is 11.8 Å². The largest absolute Gasteiger partial charge is 0.464 e. The van der Waals surface area contributed by atoms with Gasteiger partial charge in [-0.2, -0.15) is 0 Å². The fraction of sp³-hybridized carbons (Fsp3) is 0.176. The normalized spacial score (nSPS) is 11.5. The van der Waals surface area contributed by atoms with Crippen molar-refractivity contribution in [3.63, 3.8) is 0 Å². The van der Waals surface area contributed by atoms with Crippen molar-refractivity contribution in [3.8, 4) is 0 Å². The smallest absolute Gasteiger partial charge is 0.357 e. The van der Waals surface area contributed by atoms with Crippen molar-refractivity contribution in [1.82, 2.24) is 4.98 Å². The van der Waals surface area contributed by atoms with Gasteiger partial charge in [0.15, 0.2) is 5.71 Å². The van der Waals surface area contributed by atoms with E-state index in [4.69, 9.17) is 22.1 Å². The molecule has 0 saturated heterocycles. The summed E-state index contributed by atoms with van der Waals surface area (Å²) < 4.78 is 18.4. The van der Waals surface area contributed by atoms with Crippen LogP contribution in [0.15, 0.2) is 29.8 Å². The zero-order valence-corrected chi connectivity index (χ0v) is 14.3. The van der Waals surface area contributed by atoms with Crippen LogP contribution in [0.25, 0.3) is 5.70 Å². The van der Waals surface area contributed by atoms with Crippen LogP contribution in [-0.2, 0) is 9.53 Å². The van der Waals surface area contributed by atoms with E-state index in [1.807, 2.05) is 6.92 Å². The van der Waals surface area contributed by atoms with E-state index in [0.29, 0.717) is 16.9 Å². The summed E-state index contributed by atoms with van der Waals surface area (Å²) in [7, 11) is 1.24. The number of rotatable bonds is 4. The average Bonchev–Trinajstić information content (AvgIpc) is 2.79. The van der Waals surface area contributed by atoms with Crippen LogP contribution in [0.5, 0.6) is 0 Å². The molecule has 0 fully saturated rings. The molecule has 0 saturated carbocycles. The molecule has 1 aromatic heterocycles. The van der Waals surface area contributed by atoms with E-state index in [-0.39, 0.29) is 16.4 Å². The van der Waals surface area contributed by atoms with Crippen molar-refractivity contribution in [3.05, 3.63) is 58.0 Å². The topological polar surface area (TPSA) is 80.5 Å². The number of halogens is 2. The van der Waals surface area contributed by atoms with Crippen LogP contribution in [0.3, 0.4) is 0 Å². The Morgan fingerprint density at radius 3 is 2.58 bits per heavy atom. The first-order valence-corrected chi connectivity index (χ1v) is 7.40. The zero-order chi connectivity index (χ0) is 18.0. The van der Waals surface area contributed by atoms with Gasteiger partial charge < -0.3 is 15.5 Å². The molecule has 3 N–H and O–H groups in total. The Balaban J connectivity index is 2.55. The molecule has 0 bridgehead atoms. The first-order valence-electron chi connectivity index (χ1n) is 7.02. The summed E-state index contributed by atoms with van der Waals surface area (Å²) in [4.78, 5) is 19.3. The molecule has 0 spiro atoms. The summed E-state index contributed by atoms with van der Waals surface area (Å²) in [5.41, 5.74) is 8.53. The number of aryl methyl sites for hydroxylation is 1. The molecule has 0 atom stereocenters. The first kappa shape index (κ1) is 17.7. The molecule has 0 radical (unpaired) electrons. The molecule has 0 aliphatic rings. The number of aromatic amines is 1. The summed E-state index contributed by atoms with van der Waals surface area (Å²) >= 11 is 5.67. The minimum absolute atomic E-state index is 0.00259. The molecule has 1 aromatic carbocycles. The van der Waals surface area contributed by atoms with E-state index in [2.05, 4.69) is 16.6 Å². The maximum Gasteiger partial charge on any atom is 0.357 e. The Labute approximate surface area is 144 Å². The Morgan fingerprint density at radius 2 is 2.08 bits per heavy atom. The lowest BCUT2D eigenvalue weighted by Crippen LogP contribution is -2.19. The van der Waals surface area contributed by atoms with Gasteiger partial charge in [-0.3, -0.25) is 0 Å². The highest BCUT2D eigenvalue weighted by Gasteiger charge is 2.23. The van der Waals surface area contributed by atoms with E-state index in [1.54, 1.807) is 13.0 Å². The number of hydrogen-bond acceptors (Lipinski definition) is 4. The van der Waals surface area contributed by atoms with Crippen LogP contribution in [0.4, 0.5) is 10.2 Å². The Kier molecular flexibility index (Phi) is 5.09. The number of H-pyrrole nitrogens is 1. The lowest BCUT2D eigenvalue weighted by atomic mass is 10.1. The third-order valence-electron chi connectivity index (χ3n) is 3.64. The van der Waals surface area contributed by atoms with Gasteiger partial charge >= 0.3 is 5.97 Å². The quantitative estimate of drug-likeness (QED) is 0.653. The molecule has 2 aromatic rings. The third-order valence-corrected chi connectivity index (χ3v) is 3.95. The number of nitrogen functional groups attached to an aromatic ring is 1. The van der Waals surface area contributed by atoms with Crippen LogP contribution in [0.2, 0.25) is 5.02 Å². The zero-order valence-electron chi connectivity index (χ0n) is 13.5. The molecule has 0 aliphatic carbocycles. The Morgan fingerprint density at radius 1 is 1.42 bits per heavy atom. The van der Waals surface area contributed by atoms with Crippen LogP contribution < -0.4 is 5.73 Å². The molecular weight excluding hydrogens is 333 g/mol. The summed E-state index contributed by atoms with van der Waals surface area (Å²) in [5, 5.41) is -0.00920. The van der Waals surface area contributed by atoms with E-state index in [9.17, 15) is 9.18 Å². The molecule has 126 valence electrons. The number of aromatic nitrogens is 1. The highest BCUT2D eigenvalue weighted by Crippen LogP contribution is 2.25. The highest BCUT2D eigenvalue weighted by molar-refractivity contribution is 6.45. The first-order chi connectivity index (χ1) is 11.3. The molecule has 1 heterocycles. The maximum atomic E-state index is 13.6. The van der Waals surface area contributed by atoms with Gasteiger partial charge in [0.25, 0.3) is 0 Å². The van der Waals surface area contributed by atoms with Gasteiger partial charge in [-0.25, -0.2) is 14.2 Å². The maximum absolute atomic E-state index is 13.6. The fourth-order valence-corrected chi connectivity index (χ4v) is 2.35. The van der Waals surface area contributed by atoms with Crippen LogP contribution >= 0.6 is 11.6 Å². The van der Waals surface area contributed by atoms with Crippen molar-refractivity contribution < 1.29 is 13.9 Å². The number of esters is 1. The number of aliphatic imine (C=N–C) groups is 1. The summed E-state index contributed by atoms with van der Waals surface area (Å²) in [6.45, 7) is 7.42. The molecule has 0 unspecified atom stereocenters. The number of anilines is 1. The second kappa shape index (κ2) is 6.88. The fourth-order valence-electron chi connectivity index (χ4n) is 2.23. The summed E-state index contributed by atoms with van der Waals surface area (Å²) in [5.74, 6) is -0.970. The van der Waals surface area contributed by atoms with Crippen LogP contribution in [0, 0.1) is 19.7 Å². The van der Waals surface area contributed by atoms with Gasteiger partial charge in [0, 0.05) is 11.3 Å². The van der Waals surface area contributed by atoms with Crippen molar-refractivity contribution in [2.24, 2.45) is 4.99 Å². The Hall–Kier alpha value is -2.60. The minimum atomic E-state index is -0.667. The number of carbonyl (C=O) groups is 1. The second-order valence-corrected chi connectivity index (χ2v) is 5.60. The molecule has 0 aliphatic heterocycles. The molecule has 24 heavy (non-hydrogen) atoms. The molecular formula is C17H17ClFN3O2. The summed E-state index contributed by atoms with van der Waals surface area (Å²) in [6, 6.07) is 4.15. The van der Waals surface area contributed by atoms with Gasteiger partial charge in [0.05, 0.1) is 23.4 Å². The number of methoxy groups -OCH3 is 1. The van der Waals surface area contributed by atoms with Crippen LogP contribution in [0.1, 0.15) is 22.4 Å². The van der Waals surface area contributed by atoms with Crippen molar-refractivity contribution >= 4 is 34.8 Å².